The molecule has 0 saturated carbocycles. The molecular weight excluding hydrogens is 183 g/mol. The molecule has 12 heavy (non-hydrogen) atoms. The van der Waals surface area contributed by atoms with E-state index in [0.29, 0.717) is 6.42 Å². The average molecular weight is 196 g/mol. The second-order valence-electron chi connectivity index (χ2n) is 2.43. The van der Waals surface area contributed by atoms with Crippen molar-refractivity contribution in [3.63, 3.8) is 0 Å². The van der Waals surface area contributed by atoms with Crippen LogP contribution >= 0.6 is 7.60 Å². The molecule has 0 heterocycles. The molecule has 0 aromatic rings. The summed E-state index contributed by atoms with van der Waals surface area (Å²) in [6, 6.07) is 0. The van der Waals surface area contributed by atoms with Crippen LogP contribution in [0.1, 0.15) is 26.2 Å². The summed E-state index contributed by atoms with van der Waals surface area (Å²) in [5.74, 6) is 0. The zero-order valence-corrected chi connectivity index (χ0v) is 7.79. The fourth-order valence-corrected chi connectivity index (χ4v) is 1.69. The lowest BCUT2D eigenvalue weighted by atomic mass is 10.3. The van der Waals surface area contributed by atoms with Crippen molar-refractivity contribution in [3.8, 4) is 0 Å². The molecule has 0 fully saturated rings. The summed E-state index contributed by atoms with van der Waals surface area (Å²) in [6.07, 6.45) is 0.433. The van der Waals surface area contributed by atoms with Crippen molar-refractivity contribution in [1.29, 1.82) is 0 Å². The molecule has 0 aliphatic carbocycles. The molecule has 0 amide bonds. The van der Waals surface area contributed by atoms with Crippen LogP contribution in [0.5, 0.6) is 0 Å². The van der Waals surface area contributed by atoms with Crippen LogP contribution in [0.15, 0.2) is 0 Å². The number of carbonyl (C=O) groups is 1. The SMILES string of the molecule is CCCCCP(=O)(O)OC(=O)O. The lowest BCUT2D eigenvalue weighted by Crippen LogP contribution is -2.00. The Kier molecular flexibility index (Phi) is 4.93. The van der Waals surface area contributed by atoms with Gasteiger partial charge in [-0.25, -0.2) is 9.36 Å². The van der Waals surface area contributed by atoms with Gasteiger partial charge in [0.1, 0.15) is 0 Å². The highest BCUT2D eigenvalue weighted by Crippen LogP contribution is 2.42. The van der Waals surface area contributed by atoms with Gasteiger partial charge in [0.25, 0.3) is 0 Å². The molecule has 6 heteroatoms. The van der Waals surface area contributed by atoms with E-state index >= 15 is 0 Å². The van der Waals surface area contributed by atoms with Gasteiger partial charge in [0.15, 0.2) is 0 Å². The van der Waals surface area contributed by atoms with Gasteiger partial charge in [-0.15, -0.1) is 0 Å². The average Bonchev–Trinajstić information content (AvgIpc) is 1.84. The number of unbranched alkanes of at least 4 members (excludes halogenated alkanes) is 2. The van der Waals surface area contributed by atoms with E-state index in [1.807, 2.05) is 6.92 Å². The van der Waals surface area contributed by atoms with Gasteiger partial charge >= 0.3 is 13.8 Å². The summed E-state index contributed by atoms with van der Waals surface area (Å²) in [4.78, 5) is 18.8. The number of hydrogen-bond donors (Lipinski definition) is 2. The lowest BCUT2D eigenvalue weighted by Gasteiger charge is -2.07. The van der Waals surface area contributed by atoms with Crippen molar-refractivity contribution in [1.82, 2.24) is 0 Å². The minimum absolute atomic E-state index is 0.0901. The third-order valence-electron chi connectivity index (χ3n) is 1.26. The van der Waals surface area contributed by atoms with E-state index in [2.05, 4.69) is 4.52 Å². The Balaban J connectivity index is 3.72. The van der Waals surface area contributed by atoms with Crippen molar-refractivity contribution >= 4 is 13.8 Å². The largest absolute Gasteiger partial charge is 0.512 e. The Morgan fingerprint density at radius 2 is 2.08 bits per heavy atom. The molecule has 2 N–H and O–H groups in total. The third kappa shape index (κ3) is 6.19. The summed E-state index contributed by atoms with van der Waals surface area (Å²) >= 11 is 0. The Morgan fingerprint density at radius 3 is 2.50 bits per heavy atom. The molecule has 0 bridgehead atoms. The first-order valence-corrected chi connectivity index (χ1v) is 5.48. The maximum atomic E-state index is 10.9. The van der Waals surface area contributed by atoms with E-state index in [1.165, 1.54) is 0 Å². The summed E-state index contributed by atoms with van der Waals surface area (Å²) in [5, 5.41) is 8.05. The van der Waals surface area contributed by atoms with Gasteiger partial charge < -0.3 is 14.5 Å². The highest BCUT2D eigenvalue weighted by atomic mass is 31.2. The maximum absolute atomic E-state index is 10.9. The van der Waals surface area contributed by atoms with Crippen LogP contribution in [-0.2, 0) is 9.09 Å². The predicted octanol–water partition coefficient (Wildman–Crippen LogP) is 2.06. The van der Waals surface area contributed by atoms with Crippen molar-refractivity contribution in [3.05, 3.63) is 0 Å². The molecule has 0 radical (unpaired) electrons. The van der Waals surface area contributed by atoms with Crippen LogP contribution < -0.4 is 0 Å². The van der Waals surface area contributed by atoms with E-state index < -0.39 is 13.8 Å². The summed E-state index contributed by atoms with van der Waals surface area (Å²) in [7, 11) is -3.88. The Bertz CT molecular complexity index is 190. The first kappa shape index (κ1) is 11.5. The van der Waals surface area contributed by atoms with Gasteiger partial charge in [-0.05, 0) is 6.42 Å². The molecule has 72 valence electrons. The van der Waals surface area contributed by atoms with E-state index in [1.54, 1.807) is 0 Å². The van der Waals surface area contributed by atoms with Crippen molar-refractivity contribution < 1.29 is 23.9 Å². The van der Waals surface area contributed by atoms with Crippen LogP contribution in [-0.4, -0.2) is 22.3 Å². The highest BCUT2D eigenvalue weighted by Gasteiger charge is 2.22. The fourth-order valence-electron chi connectivity index (χ4n) is 0.729. The molecule has 0 saturated heterocycles. The predicted molar refractivity (Wildman–Crippen MR) is 43.3 cm³/mol. The maximum Gasteiger partial charge on any atom is 0.512 e. The fraction of sp³-hybridized carbons (Fsp3) is 0.833. The van der Waals surface area contributed by atoms with Crippen LogP contribution in [0, 0.1) is 0 Å². The molecule has 0 aromatic carbocycles. The number of hydrogen-bond acceptors (Lipinski definition) is 3. The zero-order chi connectivity index (χ0) is 9.61. The standard InChI is InChI=1S/C6H13O5P/c1-2-3-4-5-12(9,10)11-6(7)8/h2-5H2,1H3,(H,7,8)(H,9,10). The molecular formula is C6H13O5P. The van der Waals surface area contributed by atoms with Crippen LogP contribution in [0.25, 0.3) is 0 Å². The molecule has 0 aliphatic rings. The molecule has 0 spiro atoms. The normalized spacial score (nSPS) is 15.2. The number of rotatable bonds is 5. The molecule has 1 atom stereocenters. The summed E-state index contributed by atoms with van der Waals surface area (Å²) < 4.78 is 14.7. The molecule has 5 nitrogen and oxygen atoms in total. The van der Waals surface area contributed by atoms with E-state index in [0.717, 1.165) is 12.8 Å². The quantitative estimate of drug-likeness (QED) is 0.519. The van der Waals surface area contributed by atoms with Gasteiger partial charge in [0.2, 0.25) is 0 Å². The van der Waals surface area contributed by atoms with Gasteiger partial charge in [-0.2, -0.15) is 0 Å². The minimum atomic E-state index is -3.88. The second-order valence-corrected chi connectivity index (χ2v) is 4.33. The molecule has 0 rings (SSSR count). The van der Waals surface area contributed by atoms with Gasteiger partial charge in [-0.3, -0.25) is 0 Å². The van der Waals surface area contributed by atoms with Gasteiger partial charge in [-0.1, -0.05) is 19.8 Å². The van der Waals surface area contributed by atoms with E-state index in [4.69, 9.17) is 10.00 Å². The van der Waals surface area contributed by atoms with Crippen molar-refractivity contribution in [2.45, 2.75) is 26.2 Å². The van der Waals surface area contributed by atoms with Crippen LogP contribution in [0.2, 0.25) is 0 Å². The lowest BCUT2D eigenvalue weighted by molar-refractivity contribution is 0.138. The second kappa shape index (κ2) is 5.17. The first-order chi connectivity index (χ1) is 5.48. The Morgan fingerprint density at radius 1 is 1.50 bits per heavy atom. The molecule has 0 aliphatic heterocycles. The minimum Gasteiger partial charge on any atom is -0.449 e. The Hall–Kier alpha value is -0.540. The summed E-state index contributed by atoms with van der Waals surface area (Å²) in [6.45, 7) is 1.94. The van der Waals surface area contributed by atoms with Crippen LogP contribution in [0.3, 0.4) is 0 Å². The van der Waals surface area contributed by atoms with E-state index in [9.17, 15) is 9.36 Å². The first-order valence-electron chi connectivity index (χ1n) is 3.72. The van der Waals surface area contributed by atoms with E-state index in [-0.39, 0.29) is 6.16 Å². The number of carboxylic acid groups (broad SMARTS) is 1. The van der Waals surface area contributed by atoms with Gasteiger partial charge in [0.05, 0.1) is 6.16 Å². The monoisotopic (exact) mass is 196 g/mol. The zero-order valence-electron chi connectivity index (χ0n) is 6.89. The third-order valence-corrected chi connectivity index (χ3v) is 2.59. The smallest absolute Gasteiger partial charge is 0.449 e. The van der Waals surface area contributed by atoms with Crippen LogP contribution in [0.4, 0.5) is 4.79 Å². The summed E-state index contributed by atoms with van der Waals surface area (Å²) in [5.41, 5.74) is 0. The Labute approximate surface area is 70.9 Å². The molecule has 1 unspecified atom stereocenters. The topological polar surface area (TPSA) is 83.8 Å². The highest BCUT2D eigenvalue weighted by molar-refractivity contribution is 7.53. The van der Waals surface area contributed by atoms with Gasteiger partial charge in [0, 0.05) is 0 Å². The molecule has 0 aromatic heterocycles. The van der Waals surface area contributed by atoms with Crippen molar-refractivity contribution in [2.24, 2.45) is 0 Å². The van der Waals surface area contributed by atoms with Crippen molar-refractivity contribution in [2.75, 3.05) is 6.16 Å².